The van der Waals surface area contributed by atoms with Crippen molar-refractivity contribution in [2.75, 3.05) is 0 Å². The number of allylic oxidation sites excluding steroid dienone is 2. The first kappa shape index (κ1) is 44.1. The second kappa shape index (κ2) is 22.2. The predicted molar refractivity (Wildman–Crippen MR) is 261 cm³/mol. The minimum absolute atomic E-state index is 0. The standard InChI is InChI=1S/2C20H22NSi.C13H24O2.Ir/c2*1-14-10-15(2)12-17(11-14)20-19-7-6-18(22(3,4)5)13-16(19)8-9-21-20;1-5-10(6-2)12(14)9-13(15)11(7-3)8-4;/h2*6-11,13H,1-5H3;9-11,14H,5-8H2,1-4H3;/q2*-1;;/b;;12-9-;/i2*8D,9D;;. The fourth-order valence-corrected chi connectivity index (χ4v) is 9.61. The van der Waals surface area contributed by atoms with Crippen LogP contribution in [-0.4, -0.2) is 37.0 Å². The van der Waals surface area contributed by atoms with Crippen LogP contribution in [0.1, 0.15) is 81.1 Å². The topological polar surface area (TPSA) is 63.1 Å². The van der Waals surface area contributed by atoms with Gasteiger partial charge in [0.2, 0.25) is 0 Å². The van der Waals surface area contributed by atoms with Crippen molar-refractivity contribution < 1.29 is 35.5 Å². The maximum Gasteiger partial charge on any atom is 0.162 e. The minimum Gasteiger partial charge on any atom is -0.512 e. The van der Waals surface area contributed by atoms with E-state index in [1.165, 1.54) is 16.4 Å². The van der Waals surface area contributed by atoms with E-state index in [9.17, 15) is 9.90 Å². The third kappa shape index (κ3) is 13.5. The molecule has 0 bridgehead atoms. The Kier molecular flexibility index (Phi) is 16.3. The number of aliphatic hydroxyl groups is 1. The molecule has 1 radical (unpaired) electrons. The predicted octanol–water partition coefficient (Wildman–Crippen LogP) is 13.6. The molecule has 0 fully saturated rings. The van der Waals surface area contributed by atoms with Crippen molar-refractivity contribution in [2.45, 2.75) is 120 Å². The second-order valence-electron chi connectivity index (χ2n) is 17.9. The van der Waals surface area contributed by atoms with Crippen LogP contribution in [0.2, 0.25) is 39.3 Å². The summed E-state index contributed by atoms with van der Waals surface area (Å²) in [5.74, 6) is 0.547. The zero-order valence-electron chi connectivity index (χ0n) is 42.4. The minimum atomic E-state index is -1.48. The van der Waals surface area contributed by atoms with Crippen LogP contribution < -0.4 is 10.4 Å². The molecule has 0 aliphatic rings. The van der Waals surface area contributed by atoms with E-state index < -0.39 is 16.1 Å². The van der Waals surface area contributed by atoms with E-state index in [0.717, 1.165) is 92.0 Å². The van der Waals surface area contributed by atoms with Crippen LogP contribution in [0, 0.1) is 51.7 Å². The van der Waals surface area contributed by atoms with Crippen molar-refractivity contribution in [3.63, 3.8) is 0 Å². The van der Waals surface area contributed by atoms with E-state index in [2.05, 4.69) is 124 Å². The summed E-state index contributed by atoms with van der Waals surface area (Å²) >= 11 is 0. The molecule has 321 valence electrons. The van der Waals surface area contributed by atoms with Gasteiger partial charge in [0, 0.05) is 50.4 Å². The Morgan fingerprint density at radius 1 is 0.650 bits per heavy atom. The van der Waals surface area contributed by atoms with Crippen molar-refractivity contribution in [1.29, 1.82) is 0 Å². The molecule has 0 amide bonds. The van der Waals surface area contributed by atoms with Crippen molar-refractivity contribution in [2.24, 2.45) is 11.8 Å². The number of fused-ring (bicyclic) bond motifs is 2. The first-order valence-electron chi connectivity index (χ1n) is 23.2. The first-order chi connectivity index (χ1) is 29.4. The first-order valence-corrected chi connectivity index (χ1v) is 28.2. The molecule has 0 aliphatic carbocycles. The summed E-state index contributed by atoms with van der Waals surface area (Å²) in [7, 11) is -2.96. The largest absolute Gasteiger partial charge is 0.512 e. The molecule has 60 heavy (non-hydrogen) atoms. The average molecular weight is 1020 g/mol. The third-order valence-corrected chi connectivity index (χ3v) is 15.0. The molecule has 6 rings (SSSR count). The molecule has 2 heterocycles. The number of pyridine rings is 2. The fraction of sp³-hybridized carbons (Fsp3) is 0.377. The van der Waals surface area contributed by atoms with Gasteiger partial charge in [0.25, 0.3) is 0 Å². The van der Waals surface area contributed by atoms with E-state index >= 15 is 0 Å². The number of nitrogens with zero attached hydrogens (tertiary/aromatic N) is 2. The maximum atomic E-state index is 11.7. The van der Waals surface area contributed by atoms with Gasteiger partial charge in [-0.05, 0) is 70.7 Å². The molecule has 2 aromatic heterocycles. The van der Waals surface area contributed by atoms with Gasteiger partial charge in [-0.2, -0.15) is 0 Å². The summed E-state index contributed by atoms with van der Waals surface area (Å²) in [5, 5.41) is 15.8. The van der Waals surface area contributed by atoms with Gasteiger partial charge in [0.05, 0.1) is 27.4 Å². The number of aromatic nitrogens is 2. The summed E-state index contributed by atoms with van der Waals surface area (Å²) in [6, 6.07) is 28.0. The molecule has 7 heteroatoms. The molecule has 0 atom stereocenters. The van der Waals surface area contributed by atoms with Crippen molar-refractivity contribution >= 4 is 53.8 Å². The third-order valence-electron chi connectivity index (χ3n) is 10.9. The molecule has 4 nitrogen and oxygen atoms in total. The number of carbonyl (C=O) groups excluding carboxylic acids is 1. The second-order valence-corrected chi connectivity index (χ2v) is 28.1. The van der Waals surface area contributed by atoms with E-state index in [1.54, 1.807) is 0 Å². The van der Waals surface area contributed by atoms with Crippen LogP contribution in [0.25, 0.3) is 44.1 Å². The van der Waals surface area contributed by atoms with E-state index in [0.29, 0.717) is 0 Å². The van der Waals surface area contributed by atoms with Gasteiger partial charge in [0.15, 0.2) is 5.78 Å². The Morgan fingerprint density at radius 2 is 1.03 bits per heavy atom. The molecular weight excluding hydrogens is 945 g/mol. The molecule has 0 saturated heterocycles. The SMILES string of the molecule is CCC(CC)C(=O)/C=C(\O)C(CC)CC.[2H]c1nc(-c2[c-]c(C)cc(C)c2)c2ccc([Si](C)(C)C)cc2c1[2H].[2H]c1nc(-c2[c-]c(C)cc(C)c2)c2ccc([Si](C)(C)C)cc2c1[2H].[Ir]. The molecule has 0 unspecified atom stereocenters. The van der Waals surface area contributed by atoms with Crippen molar-refractivity contribution in [3.8, 4) is 22.5 Å². The summed E-state index contributed by atoms with van der Waals surface area (Å²) in [4.78, 5) is 20.5. The monoisotopic (exact) mass is 1020 g/mol. The number of rotatable bonds is 11. The van der Waals surface area contributed by atoms with Gasteiger partial charge in [-0.25, -0.2) is 0 Å². The van der Waals surface area contributed by atoms with Crippen LogP contribution in [0.4, 0.5) is 0 Å². The molecule has 6 aromatic rings. The number of benzene rings is 4. The van der Waals surface area contributed by atoms with Crippen LogP contribution >= 0.6 is 0 Å². The van der Waals surface area contributed by atoms with E-state index in [1.807, 2.05) is 53.7 Å². The Bertz CT molecular complexity index is 2430. The van der Waals surface area contributed by atoms with Crippen molar-refractivity contribution in [3.05, 3.63) is 131 Å². The Balaban J connectivity index is 0.000000262. The fourth-order valence-electron chi connectivity index (χ4n) is 7.29. The Hall–Kier alpha value is -4.01. The number of ketones is 1. The molecule has 0 saturated carbocycles. The molecule has 4 aromatic carbocycles. The number of hydrogen-bond acceptors (Lipinski definition) is 4. The summed E-state index contributed by atoms with van der Waals surface area (Å²) < 4.78 is 32.8. The summed E-state index contributed by atoms with van der Waals surface area (Å²) in [6.07, 6.45) is 4.96. The van der Waals surface area contributed by atoms with Gasteiger partial charge < -0.3 is 15.1 Å². The van der Waals surface area contributed by atoms with E-state index in [-0.39, 0.29) is 67.9 Å². The van der Waals surface area contributed by atoms with Crippen LogP contribution in [-0.2, 0) is 24.9 Å². The average Bonchev–Trinajstić information content (AvgIpc) is 3.20. The molecule has 1 N–H and O–H groups in total. The van der Waals surface area contributed by atoms with Gasteiger partial charge in [-0.3, -0.25) is 4.79 Å². The quantitative estimate of drug-likeness (QED) is 0.0608. The van der Waals surface area contributed by atoms with Crippen molar-refractivity contribution in [1.82, 2.24) is 9.97 Å². The number of hydrogen-bond donors (Lipinski definition) is 1. The maximum absolute atomic E-state index is 11.7. The summed E-state index contributed by atoms with van der Waals surface area (Å²) in [6.45, 7) is 30.0. The number of aliphatic hydroxyl groups excluding tert-OH is 1. The number of carbonyl (C=O) groups is 1. The zero-order valence-corrected chi connectivity index (χ0v) is 42.8. The number of aryl methyl sites for hydroxylation is 4. The van der Waals surface area contributed by atoms with Crippen LogP contribution in [0.3, 0.4) is 0 Å². The molecular formula is C53H68IrN2O2Si2-2. The van der Waals surface area contributed by atoms with E-state index in [4.69, 9.17) is 5.48 Å². The van der Waals surface area contributed by atoms with Crippen LogP contribution in [0.15, 0.2) is 96.9 Å². The van der Waals surface area contributed by atoms with Gasteiger partial charge >= 0.3 is 0 Å². The van der Waals surface area contributed by atoms with Gasteiger partial charge in [-0.15, -0.1) is 69.8 Å². The normalized spacial score (nSPS) is 12.8. The molecule has 0 aliphatic heterocycles. The molecule has 0 spiro atoms. The van der Waals surface area contributed by atoms with Gasteiger partial charge in [-0.1, -0.05) is 141 Å². The zero-order chi connectivity index (χ0) is 47.1. The Morgan fingerprint density at radius 3 is 1.37 bits per heavy atom. The van der Waals surface area contributed by atoms with Crippen LogP contribution in [0.5, 0.6) is 0 Å². The smallest absolute Gasteiger partial charge is 0.162 e. The Labute approximate surface area is 383 Å². The van der Waals surface area contributed by atoms with Gasteiger partial charge in [0.1, 0.15) is 0 Å². The summed E-state index contributed by atoms with van der Waals surface area (Å²) in [5.41, 5.74) is 7.70.